The van der Waals surface area contributed by atoms with E-state index < -0.39 is 5.97 Å². The number of ether oxygens (including phenoxy) is 1. The molecule has 1 atom stereocenters. The minimum atomic E-state index is -0.853. The van der Waals surface area contributed by atoms with Gasteiger partial charge in [0, 0.05) is 23.9 Å². The van der Waals surface area contributed by atoms with Crippen molar-refractivity contribution in [3.05, 3.63) is 71.4 Å². The van der Waals surface area contributed by atoms with Gasteiger partial charge in [0.1, 0.15) is 5.75 Å². The molecule has 5 heteroatoms. The Balaban J connectivity index is 1.69. The number of allylic oxidation sites excluding steroid dienone is 2. The van der Waals surface area contributed by atoms with Crippen LogP contribution in [0.25, 0.3) is 0 Å². The largest absolute Gasteiger partial charge is 0.497 e. The highest BCUT2D eigenvalue weighted by Gasteiger charge is 2.22. The molecule has 3 rings (SSSR count). The SMILES string of the molecule is COc1ccc([C@H]2CC(=O)C=C(Nc3ccc(CC(=O)O)cc3)C2)cc1. The van der Waals surface area contributed by atoms with Gasteiger partial charge in [-0.3, -0.25) is 9.59 Å². The quantitative estimate of drug-likeness (QED) is 0.829. The van der Waals surface area contributed by atoms with Crippen LogP contribution in [0.2, 0.25) is 0 Å². The number of hydrogen-bond donors (Lipinski definition) is 2. The Morgan fingerprint density at radius 2 is 1.81 bits per heavy atom. The van der Waals surface area contributed by atoms with Crippen molar-refractivity contribution >= 4 is 17.4 Å². The fourth-order valence-corrected chi connectivity index (χ4v) is 3.16. The number of anilines is 1. The molecule has 0 saturated heterocycles. The van der Waals surface area contributed by atoms with Crippen molar-refractivity contribution in [2.75, 3.05) is 12.4 Å². The lowest BCUT2D eigenvalue weighted by Gasteiger charge is -2.23. The molecule has 2 N–H and O–H groups in total. The summed E-state index contributed by atoms with van der Waals surface area (Å²) in [4.78, 5) is 22.9. The molecule has 1 aliphatic carbocycles. The van der Waals surface area contributed by atoms with Crippen LogP contribution >= 0.6 is 0 Å². The zero-order valence-electron chi connectivity index (χ0n) is 14.6. The molecule has 0 heterocycles. The monoisotopic (exact) mass is 351 g/mol. The van der Waals surface area contributed by atoms with Crippen LogP contribution < -0.4 is 10.1 Å². The van der Waals surface area contributed by atoms with Gasteiger partial charge in [0.15, 0.2) is 5.78 Å². The van der Waals surface area contributed by atoms with Gasteiger partial charge < -0.3 is 15.2 Å². The smallest absolute Gasteiger partial charge is 0.307 e. The number of aliphatic carboxylic acids is 1. The molecule has 0 aromatic heterocycles. The number of hydrogen-bond acceptors (Lipinski definition) is 4. The van der Waals surface area contributed by atoms with E-state index in [0.29, 0.717) is 6.42 Å². The highest BCUT2D eigenvalue weighted by atomic mass is 16.5. The standard InChI is InChI=1S/C21H21NO4/c1-26-20-8-4-15(5-9-20)16-11-18(13-19(23)12-16)22-17-6-2-14(3-7-17)10-21(24)25/h2-9,13,16,22H,10-12H2,1H3,(H,24,25)/t16-/m1/s1. The number of ketones is 1. The van der Waals surface area contributed by atoms with Gasteiger partial charge in [-0.15, -0.1) is 0 Å². The number of benzene rings is 2. The van der Waals surface area contributed by atoms with Crippen molar-refractivity contribution in [3.8, 4) is 5.75 Å². The number of rotatable bonds is 6. The van der Waals surface area contributed by atoms with Gasteiger partial charge in [-0.05, 0) is 47.7 Å². The van der Waals surface area contributed by atoms with E-state index in [2.05, 4.69) is 5.32 Å². The van der Waals surface area contributed by atoms with E-state index in [1.165, 1.54) is 0 Å². The third kappa shape index (κ3) is 4.51. The summed E-state index contributed by atoms with van der Waals surface area (Å²) < 4.78 is 5.18. The van der Waals surface area contributed by atoms with Crippen LogP contribution in [-0.2, 0) is 16.0 Å². The summed E-state index contributed by atoms with van der Waals surface area (Å²) in [5.41, 5.74) is 3.57. The van der Waals surface area contributed by atoms with E-state index >= 15 is 0 Å². The Bertz CT molecular complexity index is 822. The molecule has 0 unspecified atom stereocenters. The summed E-state index contributed by atoms with van der Waals surface area (Å²) in [6, 6.07) is 15.0. The maximum Gasteiger partial charge on any atom is 0.307 e. The van der Waals surface area contributed by atoms with Crippen molar-refractivity contribution in [2.45, 2.75) is 25.2 Å². The zero-order chi connectivity index (χ0) is 18.5. The summed E-state index contributed by atoms with van der Waals surface area (Å²) in [7, 11) is 1.63. The van der Waals surface area contributed by atoms with Gasteiger partial charge in [-0.2, -0.15) is 0 Å². The second-order valence-electron chi connectivity index (χ2n) is 6.41. The molecular formula is C21H21NO4. The first-order chi connectivity index (χ1) is 12.5. The Labute approximate surface area is 152 Å². The van der Waals surface area contributed by atoms with Crippen molar-refractivity contribution in [3.63, 3.8) is 0 Å². The second kappa shape index (κ2) is 7.87. The van der Waals surface area contributed by atoms with Crippen LogP contribution in [-0.4, -0.2) is 24.0 Å². The third-order valence-corrected chi connectivity index (χ3v) is 4.45. The van der Waals surface area contributed by atoms with Crippen LogP contribution in [0.15, 0.2) is 60.3 Å². The number of carbonyl (C=O) groups excluding carboxylic acids is 1. The summed E-state index contributed by atoms with van der Waals surface area (Å²) in [5, 5.41) is 12.1. The Morgan fingerprint density at radius 3 is 2.42 bits per heavy atom. The predicted octanol–water partition coefficient (Wildman–Crippen LogP) is 3.76. The summed E-state index contributed by atoms with van der Waals surface area (Å²) >= 11 is 0. The molecular weight excluding hydrogens is 330 g/mol. The minimum Gasteiger partial charge on any atom is -0.497 e. The molecule has 2 aromatic carbocycles. The fourth-order valence-electron chi connectivity index (χ4n) is 3.16. The van der Waals surface area contributed by atoms with E-state index in [0.717, 1.165) is 34.7 Å². The molecule has 0 aliphatic heterocycles. The normalized spacial score (nSPS) is 16.7. The molecule has 0 saturated carbocycles. The summed E-state index contributed by atoms with van der Waals surface area (Å²) in [6.07, 6.45) is 2.90. The van der Waals surface area contributed by atoms with Gasteiger partial charge in [-0.1, -0.05) is 24.3 Å². The Morgan fingerprint density at radius 1 is 1.12 bits per heavy atom. The lowest BCUT2D eigenvalue weighted by atomic mass is 9.85. The summed E-state index contributed by atoms with van der Waals surface area (Å²) in [6.45, 7) is 0. The minimum absolute atomic E-state index is 0.000998. The van der Waals surface area contributed by atoms with E-state index in [1.807, 2.05) is 36.4 Å². The van der Waals surface area contributed by atoms with Crippen LogP contribution in [0, 0.1) is 0 Å². The van der Waals surface area contributed by atoms with E-state index in [-0.39, 0.29) is 18.1 Å². The molecule has 0 bridgehead atoms. The van der Waals surface area contributed by atoms with Crippen LogP contribution in [0.3, 0.4) is 0 Å². The average molecular weight is 351 g/mol. The summed E-state index contributed by atoms with van der Waals surface area (Å²) in [5.74, 6) is 0.175. The van der Waals surface area contributed by atoms with Crippen molar-refractivity contribution < 1.29 is 19.4 Å². The van der Waals surface area contributed by atoms with Crippen molar-refractivity contribution in [2.24, 2.45) is 0 Å². The van der Waals surface area contributed by atoms with Crippen LogP contribution in [0.5, 0.6) is 5.75 Å². The maximum absolute atomic E-state index is 12.1. The molecule has 1 aliphatic rings. The average Bonchev–Trinajstić information content (AvgIpc) is 2.62. The van der Waals surface area contributed by atoms with Gasteiger partial charge in [0.2, 0.25) is 0 Å². The molecule has 0 spiro atoms. The fraction of sp³-hybridized carbons (Fsp3) is 0.238. The molecule has 26 heavy (non-hydrogen) atoms. The molecule has 2 aromatic rings. The van der Waals surface area contributed by atoms with Gasteiger partial charge in [0.05, 0.1) is 13.5 Å². The predicted molar refractivity (Wildman–Crippen MR) is 99.5 cm³/mol. The van der Waals surface area contributed by atoms with E-state index in [1.54, 1.807) is 25.3 Å². The lowest BCUT2D eigenvalue weighted by Crippen LogP contribution is -2.16. The molecule has 0 radical (unpaired) electrons. The second-order valence-corrected chi connectivity index (χ2v) is 6.41. The number of carboxylic acids is 1. The first-order valence-corrected chi connectivity index (χ1v) is 8.48. The molecule has 134 valence electrons. The van der Waals surface area contributed by atoms with Gasteiger partial charge in [-0.25, -0.2) is 0 Å². The highest BCUT2D eigenvalue weighted by Crippen LogP contribution is 2.32. The number of carbonyl (C=O) groups is 2. The Kier molecular flexibility index (Phi) is 5.37. The first-order valence-electron chi connectivity index (χ1n) is 8.48. The number of carboxylic acid groups (broad SMARTS) is 1. The Hall–Kier alpha value is -3.08. The van der Waals surface area contributed by atoms with E-state index in [9.17, 15) is 9.59 Å². The van der Waals surface area contributed by atoms with E-state index in [4.69, 9.17) is 9.84 Å². The van der Waals surface area contributed by atoms with Crippen LogP contribution in [0.1, 0.15) is 29.9 Å². The molecule has 0 amide bonds. The van der Waals surface area contributed by atoms with Crippen molar-refractivity contribution in [1.29, 1.82) is 0 Å². The lowest BCUT2D eigenvalue weighted by molar-refractivity contribution is -0.136. The molecule has 5 nitrogen and oxygen atoms in total. The van der Waals surface area contributed by atoms with Gasteiger partial charge >= 0.3 is 5.97 Å². The van der Waals surface area contributed by atoms with Crippen molar-refractivity contribution in [1.82, 2.24) is 0 Å². The first kappa shape index (κ1) is 17.7. The number of methoxy groups -OCH3 is 1. The maximum atomic E-state index is 12.1. The van der Waals surface area contributed by atoms with Gasteiger partial charge in [0.25, 0.3) is 0 Å². The zero-order valence-corrected chi connectivity index (χ0v) is 14.6. The highest BCUT2D eigenvalue weighted by molar-refractivity contribution is 5.92. The molecule has 0 fully saturated rings. The third-order valence-electron chi connectivity index (χ3n) is 4.45. The number of nitrogens with one attached hydrogen (secondary N) is 1. The topological polar surface area (TPSA) is 75.6 Å². The van der Waals surface area contributed by atoms with Crippen LogP contribution in [0.4, 0.5) is 5.69 Å².